The normalized spacial score (nSPS) is 11.2. The molecule has 0 bridgehead atoms. The molecule has 0 aliphatic carbocycles. The largest absolute Gasteiger partial charge is 0.451 e. The summed E-state index contributed by atoms with van der Waals surface area (Å²) in [6, 6.07) is 19.5. The maximum atomic E-state index is 13.6. The Kier molecular flexibility index (Phi) is 3.91. The van der Waals surface area contributed by atoms with Gasteiger partial charge in [0, 0.05) is 22.7 Å². The Labute approximate surface area is 165 Å². The van der Waals surface area contributed by atoms with Gasteiger partial charge in [-0.05, 0) is 37.3 Å². The standard InChI is InChI=1S/C23H16FN3O2/c1-14-17-13-16(24)10-11-18(17)29-21(14)23(28)26-22-20(15-7-3-2-4-8-15)25-19-9-5-6-12-27(19)22/h2-13H,1H3,(H,26,28). The van der Waals surface area contributed by atoms with E-state index in [0.29, 0.717) is 33.7 Å². The summed E-state index contributed by atoms with van der Waals surface area (Å²) in [5, 5.41) is 3.52. The van der Waals surface area contributed by atoms with Crippen molar-refractivity contribution in [2.24, 2.45) is 0 Å². The van der Waals surface area contributed by atoms with Crippen LogP contribution in [0.5, 0.6) is 0 Å². The van der Waals surface area contributed by atoms with E-state index in [4.69, 9.17) is 4.42 Å². The van der Waals surface area contributed by atoms with Gasteiger partial charge in [-0.15, -0.1) is 0 Å². The predicted molar refractivity (Wildman–Crippen MR) is 109 cm³/mol. The fourth-order valence-electron chi connectivity index (χ4n) is 3.49. The van der Waals surface area contributed by atoms with Crippen molar-refractivity contribution in [2.75, 3.05) is 5.32 Å². The molecule has 142 valence electrons. The maximum Gasteiger partial charge on any atom is 0.292 e. The predicted octanol–water partition coefficient (Wildman–Crippen LogP) is 5.45. The molecular weight excluding hydrogens is 369 g/mol. The van der Waals surface area contributed by atoms with Crippen LogP contribution in [0.25, 0.3) is 27.9 Å². The van der Waals surface area contributed by atoms with Gasteiger partial charge in [0.1, 0.15) is 28.6 Å². The fourth-order valence-corrected chi connectivity index (χ4v) is 3.49. The van der Waals surface area contributed by atoms with E-state index in [1.807, 2.05) is 59.1 Å². The van der Waals surface area contributed by atoms with Crippen LogP contribution in [0.3, 0.4) is 0 Å². The number of halogens is 1. The van der Waals surface area contributed by atoms with Gasteiger partial charge in [0.25, 0.3) is 5.91 Å². The van der Waals surface area contributed by atoms with Crippen molar-refractivity contribution in [3.05, 3.63) is 90.1 Å². The van der Waals surface area contributed by atoms with Crippen LogP contribution in [0.15, 0.2) is 77.3 Å². The highest BCUT2D eigenvalue weighted by molar-refractivity contribution is 6.07. The van der Waals surface area contributed by atoms with Gasteiger partial charge < -0.3 is 9.73 Å². The van der Waals surface area contributed by atoms with Crippen molar-refractivity contribution in [1.29, 1.82) is 0 Å². The van der Waals surface area contributed by atoms with Crippen LogP contribution in [0.2, 0.25) is 0 Å². The third-order valence-corrected chi connectivity index (χ3v) is 4.91. The zero-order valence-corrected chi connectivity index (χ0v) is 15.5. The number of carbonyl (C=O) groups excluding carboxylic acids is 1. The molecule has 1 N–H and O–H groups in total. The fraction of sp³-hybridized carbons (Fsp3) is 0.0435. The summed E-state index contributed by atoms with van der Waals surface area (Å²) in [5.41, 5.74) is 3.31. The van der Waals surface area contributed by atoms with Crippen molar-refractivity contribution in [3.63, 3.8) is 0 Å². The Bertz CT molecular complexity index is 1370. The summed E-state index contributed by atoms with van der Waals surface area (Å²) in [4.78, 5) is 17.7. The van der Waals surface area contributed by atoms with Crippen molar-refractivity contribution in [2.45, 2.75) is 6.92 Å². The van der Waals surface area contributed by atoms with Gasteiger partial charge in [0.15, 0.2) is 5.76 Å². The average molecular weight is 385 g/mol. The zero-order valence-electron chi connectivity index (χ0n) is 15.5. The first-order valence-electron chi connectivity index (χ1n) is 9.14. The number of pyridine rings is 1. The molecule has 0 atom stereocenters. The molecule has 0 saturated carbocycles. The van der Waals surface area contributed by atoms with Gasteiger partial charge >= 0.3 is 0 Å². The quantitative estimate of drug-likeness (QED) is 0.449. The average Bonchev–Trinajstić information content (AvgIpc) is 3.27. The number of nitrogens with one attached hydrogen (secondary N) is 1. The van der Waals surface area contributed by atoms with E-state index >= 15 is 0 Å². The van der Waals surface area contributed by atoms with Crippen LogP contribution in [0.1, 0.15) is 16.1 Å². The minimum absolute atomic E-state index is 0.149. The third kappa shape index (κ3) is 2.86. The summed E-state index contributed by atoms with van der Waals surface area (Å²) in [6.07, 6.45) is 1.84. The molecule has 1 amide bonds. The second kappa shape index (κ2) is 6.60. The number of aryl methyl sites for hydroxylation is 1. The van der Waals surface area contributed by atoms with E-state index in [9.17, 15) is 9.18 Å². The first kappa shape index (κ1) is 17.2. The lowest BCUT2D eigenvalue weighted by atomic mass is 10.1. The first-order valence-corrected chi connectivity index (χ1v) is 9.14. The number of anilines is 1. The molecule has 3 aromatic heterocycles. The smallest absolute Gasteiger partial charge is 0.292 e. The second-order valence-electron chi connectivity index (χ2n) is 6.75. The Morgan fingerprint density at radius 3 is 2.69 bits per heavy atom. The zero-order chi connectivity index (χ0) is 20.0. The number of hydrogen-bond acceptors (Lipinski definition) is 3. The molecule has 3 heterocycles. The summed E-state index contributed by atoms with van der Waals surface area (Å²) < 4.78 is 21.1. The molecule has 2 aromatic carbocycles. The molecule has 0 spiro atoms. The molecule has 0 fully saturated rings. The van der Waals surface area contributed by atoms with Gasteiger partial charge in [-0.2, -0.15) is 0 Å². The minimum Gasteiger partial charge on any atom is -0.451 e. The molecule has 5 aromatic rings. The molecule has 0 saturated heterocycles. The van der Waals surface area contributed by atoms with E-state index in [1.54, 1.807) is 6.92 Å². The highest BCUT2D eigenvalue weighted by Gasteiger charge is 2.22. The van der Waals surface area contributed by atoms with E-state index in [1.165, 1.54) is 18.2 Å². The molecule has 0 aliphatic heterocycles. The number of furan rings is 1. The Hall–Kier alpha value is -3.93. The number of nitrogens with zero attached hydrogens (tertiary/aromatic N) is 2. The van der Waals surface area contributed by atoms with Crippen LogP contribution in [-0.4, -0.2) is 15.3 Å². The molecule has 5 nitrogen and oxygen atoms in total. The molecule has 5 rings (SSSR count). The topological polar surface area (TPSA) is 59.5 Å². The molecule has 0 unspecified atom stereocenters. The van der Waals surface area contributed by atoms with Crippen LogP contribution >= 0.6 is 0 Å². The highest BCUT2D eigenvalue weighted by Crippen LogP contribution is 2.31. The summed E-state index contributed by atoms with van der Waals surface area (Å²) in [5.74, 6) is -0.0956. The van der Waals surface area contributed by atoms with Crippen LogP contribution in [-0.2, 0) is 0 Å². The second-order valence-corrected chi connectivity index (χ2v) is 6.75. The summed E-state index contributed by atoms with van der Waals surface area (Å²) in [7, 11) is 0. The lowest BCUT2D eigenvalue weighted by Crippen LogP contribution is -2.14. The van der Waals surface area contributed by atoms with E-state index in [0.717, 1.165) is 5.56 Å². The van der Waals surface area contributed by atoms with Crippen molar-refractivity contribution in [1.82, 2.24) is 9.38 Å². The third-order valence-electron chi connectivity index (χ3n) is 4.91. The molecular formula is C23H16FN3O2. The van der Waals surface area contributed by atoms with Gasteiger partial charge in [0.2, 0.25) is 0 Å². The molecule has 0 aliphatic rings. The number of imidazole rings is 1. The number of hydrogen-bond donors (Lipinski definition) is 1. The van der Waals surface area contributed by atoms with Gasteiger partial charge in [0.05, 0.1) is 0 Å². The van der Waals surface area contributed by atoms with Crippen molar-refractivity contribution >= 4 is 28.3 Å². The number of benzene rings is 2. The Morgan fingerprint density at radius 1 is 1.07 bits per heavy atom. The summed E-state index contributed by atoms with van der Waals surface area (Å²) >= 11 is 0. The van der Waals surface area contributed by atoms with Crippen LogP contribution in [0, 0.1) is 12.7 Å². The Morgan fingerprint density at radius 2 is 1.86 bits per heavy atom. The minimum atomic E-state index is -0.415. The van der Waals surface area contributed by atoms with Crippen LogP contribution < -0.4 is 5.32 Å². The van der Waals surface area contributed by atoms with E-state index < -0.39 is 5.91 Å². The maximum absolute atomic E-state index is 13.6. The van der Waals surface area contributed by atoms with E-state index in [-0.39, 0.29) is 11.6 Å². The number of rotatable bonds is 3. The van der Waals surface area contributed by atoms with Crippen LogP contribution in [0.4, 0.5) is 10.2 Å². The lowest BCUT2D eigenvalue weighted by molar-refractivity contribution is 0.0997. The highest BCUT2D eigenvalue weighted by atomic mass is 19.1. The number of fused-ring (bicyclic) bond motifs is 2. The van der Waals surface area contributed by atoms with E-state index in [2.05, 4.69) is 10.3 Å². The van der Waals surface area contributed by atoms with Gasteiger partial charge in [-0.25, -0.2) is 9.37 Å². The molecule has 0 radical (unpaired) electrons. The number of amides is 1. The lowest BCUT2D eigenvalue weighted by Gasteiger charge is -2.07. The molecule has 29 heavy (non-hydrogen) atoms. The van der Waals surface area contributed by atoms with Crippen molar-refractivity contribution < 1.29 is 13.6 Å². The van der Waals surface area contributed by atoms with Gasteiger partial charge in [-0.1, -0.05) is 36.4 Å². The number of aromatic nitrogens is 2. The SMILES string of the molecule is Cc1c(C(=O)Nc2c(-c3ccccc3)nc3ccccn23)oc2ccc(F)cc12. The Balaban J connectivity index is 1.62. The monoisotopic (exact) mass is 385 g/mol. The summed E-state index contributed by atoms with van der Waals surface area (Å²) in [6.45, 7) is 1.74. The van der Waals surface area contributed by atoms with Crippen molar-refractivity contribution in [3.8, 4) is 11.3 Å². The first-order chi connectivity index (χ1) is 14.1. The molecule has 6 heteroatoms. The van der Waals surface area contributed by atoms with Gasteiger partial charge in [-0.3, -0.25) is 9.20 Å². The number of carbonyl (C=O) groups is 1.